The van der Waals surface area contributed by atoms with Gasteiger partial charge >= 0.3 is 0 Å². The molecular formula is C17H21N2O+. The van der Waals surface area contributed by atoms with E-state index in [1.54, 1.807) is 7.11 Å². The van der Waals surface area contributed by atoms with E-state index in [9.17, 15) is 0 Å². The minimum absolute atomic E-state index is 0.916. The van der Waals surface area contributed by atoms with Gasteiger partial charge in [0.2, 0.25) is 5.69 Å². The van der Waals surface area contributed by atoms with Crippen molar-refractivity contribution in [2.24, 2.45) is 7.05 Å². The number of methoxy groups -OCH3 is 1. The van der Waals surface area contributed by atoms with Crippen molar-refractivity contribution in [3.63, 3.8) is 0 Å². The lowest BCUT2D eigenvalue weighted by molar-refractivity contribution is -0.676. The molecule has 0 N–H and O–H groups in total. The number of pyridine rings is 1. The van der Waals surface area contributed by atoms with Crippen molar-refractivity contribution in [1.29, 1.82) is 0 Å². The van der Waals surface area contributed by atoms with Gasteiger partial charge < -0.3 is 9.30 Å². The second-order valence-corrected chi connectivity index (χ2v) is 5.31. The Kier molecular flexibility index (Phi) is 3.13. The fourth-order valence-electron chi connectivity index (χ4n) is 2.96. The Morgan fingerprint density at radius 3 is 2.70 bits per heavy atom. The van der Waals surface area contributed by atoms with E-state index in [0.29, 0.717) is 0 Å². The maximum absolute atomic E-state index is 5.39. The van der Waals surface area contributed by atoms with Crippen LogP contribution in [0.4, 0.5) is 0 Å². The van der Waals surface area contributed by atoms with E-state index in [4.69, 9.17) is 4.74 Å². The Morgan fingerprint density at radius 1 is 1.20 bits per heavy atom. The van der Waals surface area contributed by atoms with Crippen LogP contribution in [0.15, 0.2) is 30.5 Å². The third-order valence-corrected chi connectivity index (χ3v) is 4.09. The molecule has 0 atom stereocenters. The van der Waals surface area contributed by atoms with Crippen LogP contribution in [-0.4, -0.2) is 11.7 Å². The summed E-state index contributed by atoms with van der Waals surface area (Å²) in [6, 6.07) is 8.57. The summed E-state index contributed by atoms with van der Waals surface area (Å²) >= 11 is 0. The monoisotopic (exact) mass is 269 g/mol. The molecule has 0 radical (unpaired) electrons. The summed E-state index contributed by atoms with van der Waals surface area (Å²) in [6.45, 7) is 5.43. The first-order chi connectivity index (χ1) is 9.67. The number of hydrogen-bond acceptors (Lipinski definition) is 1. The molecule has 0 saturated carbocycles. The molecule has 0 spiro atoms. The van der Waals surface area contributed by atoms with E-state index in [1.807, 2.05) is 6.07 Å². The average Bonchev–Trinajstić information content (AvgIpc) is 2.77. The molecule has 0 amide bonds. The number of aromatic nitrogens is 2. The lowest BCUT2D eigenvalue weighted by atomic mass is 10.1. The minimum atomic E-state index is 0.916. The largest absolute Gasteiger partial charge is 0.497 e. The van der Waals surface area contributed by atoms with Crippen molar-refractivity contribution in [3.05, 3.63) is 36.2 Å². The predicted molar refractivity (Wildman–Crippen MR) is 82.2 cm³/mol. The molecule has 0 unspecified atom stereocenters. The first kappa shape index (κ1) is 13.0. The van der Waals surface area contributed by atoms with Crippen LogP contribution in [0.1, 0.15) is 19.0 Å². The highest BCUT2D eigenvalue weighted by Gasteiger charge is 2.17. The van der Waals surface area contributed by atoms with Crippen molar-refractivity contribution in [2.45, 2.75) is 26.8 Å². The number of hydrogen-bond donors (Lipinski definition) is 0. The number of benzene rings is 1. The molecule has 0 bridgehead atoms. The van der Waals surface area contributed by atoms with Crippen LogP contribution in [0.2, 0.25) is 0 Å². The standard InChI is InChI=1S/C17H21N2O/c1-5-9-19-16-11-13(20-4)6-7-14(16)15-8-10-18(3)12(2)17(15)19/h6-8,10-11H,5,9H2,1-4H3/q+1. The Bertz CT molecular complexity index is 787. The lowest BCUT2D eigenvalue weighted by Crippen LogP contribution is -2.31. The maximum atomic E-state index is 5.39. The summed E-state index contributed by atoms with van der Waals surface area (Å²) in [7, 11) is 3.82. The molecule has 2 aromatic heterocycles. The summed E-state index contributed by atoms with van der Waals surface area (Å²) in [5.74, 6) is 0.916. The number of ether oxygens (including phenoxy) is 1. The molecule has 3 rings (SSSR count). The molecule has 3 nitrogen and oxygen atoms in total. The molecule has 0 saturated heterocycles. The Morgan fingerprint density at radius 2 is 2.00 bits per heavy atom. The smallest absolute Gasteiger partial charge is 0.202 e. The summed E-state index contributed by atoms with van der Waals surface area (Å²) < 4.78 is 9.99. The highest BCUT2D eigenvalue weighted by molar-refractivity contribution is 6.08. The van der Waals surface area contributed by atoms with Gasteiger partial charge in [0, 0.05) is 36.4 Å². The van der Waals surface area contributed by atoms with Gasteiger partial charge in [0.15, 0.2) is 6.20 Å². The second kappa shape index (κ2) is 4.82. The zero-order valence-corrected chi connectivity index (χ0v) is 12.6. The van der Waals surface area contributed by atoms with Gasteiger partial charge in [-0.25, -0.2) is 4.57 Å². The molecule has 1 aromatic carbocycles. The van der Waals surface area contributed by atoms with E-state index < -0.39 is 0 Å². The zero-order valence-electron chi connectivity index (χ0n) is 12.6. The van der Waals surface area contributed by atoms with Crippen molar-refractivity contribution in [3.8, 4) is 5.75 Å². The molecule has 104 valence electrons. The van der Waals surface area contributed by atoms with Gasteiger partial charge in [0.25, 0.3) is 0 Å². The van der Waals surface area contributed by atoms with Crippen molar-refractivity contribution in [2.75, 3.05) is 7.11 Å². The van der Waals surface area contributed by atoms with E-state index in [-0.39, 0.29) is 0 Å². The van der Waals surface area contributed by atoms with Gasteiger partial charge in [-0.3, -0.25) is 0 Å². The minimum Gasteiger partial charge on any atom is -0.497 e. The quantitative estimate of drug-likeness (QED) is 0.667. The highest BCUT2D eigenvalue weighted by atomic mass is 16.5. The Labute approximate surface area is 119 Å². The maximum Gasteiger partial charge on any atom is 0.202 e. The van der Waals surface area contributed by atoms with Crippen LogP contribution >= 0.6 is 0 Å². The molecule has 0 aliphatic rings. The number of nitrogens with zero attached hydrogens (tertiary/aromatic N) is 2. The first-order valence-electron chi connectivity index (χ1n) is 7.12. The molecule has 3 heteroatoms. The van der Waals surface area contributed by atoms with Crippen molar-refractivity contribution >= 4 is 21.8 Å². The van der Waals surface area contributed by atoms with Crippen LogP contribution in [-0.2, 0) is 13.6 Å². The third-order valence-electron chi connectivity index (χ3n) is 4.09. The Balaban J connectivity index is 2.48. The SMILES string of the molecule is CCCn1c2cc(OC)ccc2c2cc[n+](C)c(C)c21. The molecule has 2 heterocycles. The van der Waals surface area contributed by atoms with Gasteiger partial charge in [-0.05, 0) is 18.6 Å². The van der Waals surface area contributed by atoms with Crippen LogP contribution in [0.25, 0.3) is 21.8 Å². The van der Waals surface area contributed by atoms with Crippen LogP contribution in [0, 0.1) is 6.92 Å². The molecule has 20 heavy (non-hydrogen) atoms. The van der Waals surface area contributed by atoms with Crippen LogP contribution < -0.4 is 9.30 Å². The van der Waals surface area contributed by atoms with Crippen molar-refractivity contribution in [1.82, 2.24) is 4.57 Å². The first-order valence-corrected chi connectivity index (χ1v) is 7.12. The molecule has 0 aliphatic carbocycles. The fraction of sp³-hybridized carbons (Fsp3) is 0.353. The van der Waals surface area contributed by atoms with Gasteiger partial charge in [0.05, 0.1) is 12.6 Å². The van der Waals surface area contributed by atoms with Crippen molar-refractivity contribution < 1.29 is 9.30 Å². The van der Waals surface area contributed by atoms with Crippen LogP contribution in [0.5, 0.6) is 5.75 Å². The highest BCUT2D eigenvalue weighted by Crippen LogP contribution is 2.32. The van der Waals surface area contributed by atoms with Gasteiger partial charge in [-0.2, -0.15) is 0 Å². The fourth-order valence-corrected chi connectivity index (χ4v) is 2.96. The van der Waals surface area contributed by atoms with E-state index in [1.165, 1.54) is 27.5 Å². The number of rotatable bonds is 3. The summed E-state index contributed by atoms with van der Waals surface area (Å²) in [5, 5.41) is 2.63. The van der Waals surface area contributed by atoms with Gasteiger partial charge in [-0.15, -0.1) is 0 Å². The number of fused-ring (bicyclic) bond motifs is 3. The molecular weight excluding hydrogens is 248 g/mol. The molecule has 0 fully saturated rings. The number of aryl methyl sites for hydroxylation is 3. The van der Waals surface area contributed by atoms with Crippen LogP contribution in [0.3, 0.4) is 0 Å². The normalized spacial score (nSPS) is 11.4. The predicted octanol–water partition coefficient (Wildman–Crippen LogP) is 3.35. The molecule has 3 aromatic rings. The van der Waals surface area contributed by atoms with E-state index in [2.05, 4.69) is 54.4 Å². The average molecular weight is 269 g/mol. The zero-order chi connectivity index (χ0) is 14.3. The Hall–Kier alpha value is -2.03. The summed E-state index contributed by atoms with van der Waals surface area (Å²) in [6.07, 6.45) is 3.26. The summed E-state index contributed by atoms with van der Waals surface area (Å²) in [4.78, 5) is 0. The van der Waals surface area contributed by atoms with Gasteiger partial charge in [-0.1, -0.05) is 6.92 Å². The second-order valence-electron chi connectivity index (χ2n) is 5.31. The van der Waals surface area contributed by atoms with E-state index in [0.717, 1.165) is 18.7 Å². The topological polar surface area (TPSA) is 18.0 Å². The third kappa shape index (κ3) is 1.77. The van der Waals surface area contributed by atoms with Gasteiger partial charge in [0.1, 0.15) is 18.3 Å². The molecule has 0 aliphatic heterocycles. The van der Waals surface area contributed by atoms with E-state index >= 15 is 0 Å². The summed E-state index contributed by atoms with van der Waals surface area (Å²) in [5.41, 5.74) is 3.89. The lowest BCUT2D eigenvalue weighted by Gasteiger charge is -2.07.